The first-order valence-electron chi connectivity index (χ1n) is 9.14. The number of ether oxygens (including phenoxy) is 1. The van der Waals surface area contributed by atoms with Crippen molar-refractivity contribution in [3.63, 3.8) is 0 Å². The summed E-state index contributed by atoms with van der Waals surface area (Å²) in [5, 5.41) is 3.67. The van der Waals surface area contributed by atoms with Gasteiger partial charge in [-0.2, -0.15) is 0 Å². The lowest BCUT2D eigenvalue weighted by Gasteiger charge is -2.43. The molecule has 21 heavy (non-hydrogen) atoms. The molecule has 0 radical (unpaired) electrons. The Morgan fingerprint density at radius 1 is 1.05 bits per heavy atom. The van der Waals surface area contributed by atoms with E-state index in [1.165, 1.54) is 64.8 Å². The maximum Gasteiger partial charge on any atom is 0.0637 e. The lowest BCUT2D eigenvalue weighted by molar-refractivity contribution is -0.0159. The van der Waals surface area contributed by atoms with Crippen LogP contribution in [0.1, 0.15) is 39.0 Å². The monoisotopic (exact) mass is 295 g/mol. The maximum atomic E-state index is 5.76. The van der Waals surface area contributed by atoms with Gasteiger partial charge in [-0.25, -0.2) is 0 Å². The van der Waals surface area contributed by atoms with Gasteiger partial charge in [-0.15, -0.1) is 0 Å². The average Bonchev–Trinajstić information content (AvgIpc) is 3.02. The second-order valence-electron chi connectivity index (χ2n) is 7.08. The van der Waals surface area contributed by atoms with E-state index in [1.54, 1.807) is 0 Å². The van der Waals surface area contributed by atoms with Crippen LogP contribution in [0.4, 0.5) is 0 Å². The molecule has 0 amide bonds. The second kappa shape index (κ2) is 7.91. The van der Waals surface area contributed by atoms with E-state index < -0.39 is 0 Å². The third-order valence-electron chi connectivity index (χ3n) is 5.63. The normalized spacial score (nSPS) is 33.6. The van der Waals surface area contributed by atoms with Crippen LogP contribution in [-0.4, -0.2) is 74.4 Å². The summed E-state index contributed by atoms with van der Waals surface area (Å²) < 4.78 is 5.76. The molecular weight excluding hydrogens is 262 g/mol. The van der Waals surface area contributed by atoms with Gasteiger partial charge in [0.25, 0.3) is 0 Å². The van der Waals surface area contributed by atoms with E-state index in [0.717, 1.165) is 25.7 Å². The molecule has 3 saturated heterocycles. The van der Waals surface area contributed by atoms with Crippen LogP contribution >= 0.6 is 0 Å². The number of nitrogens with one attached hydrogen (secondary N) is 1. The Labute approximate surface area is 130 Å². The Morgan fingerprint density at radius 3 is 2.52 bits per heavy atom. The number of rotatable bonds is 5. The summed E-state index contributed by atoms with van der Waals surface area (Å²) in [5.74, 6) is 0.932. The standard InChI is InChI=1S/C17H33N3O/c1-2-18-16-7-12-21-14-17(16)20-10-5-15(6-11-20)13-19-8-3-4-9-19/h15-18H,2-14H2,1H3. The molecule has 3 aliphatic rings. The minimum Gasteiger partial charge on any atom is -0.380 e. The fourth-order valence-electron chi connectivity index (χ4n) is 4.38. The first kappa shape index (κ1) is 15.7. The Bertz CT molecular complexity index is 296. The van der Waals surface area contributed by atoms with Gasteiger partial charge in [0, 0.05) is 25.2 Å². The number of likely N-dealkylation sites (tertiary alicyclic amines) is 2. The van der Waals surface area contributed by atoms with Crippen molar-refractivity contribution in [3.05, 3.63) is 0 Å². The highest BCUT2D eigenvalue weighted by molar-refractivity contribution is 4.89. The number of likely N-dealkylation sites (N-methyl/N-ethyl adjacent to an activating group) is 1. The lowest BCUT2D eigenvalue weighted by atomic mass is 9.92. The van der Waals surface area contributed by atoms with E-state index in [-0.39, 0.29) is 0 Å². The van der Waals surface area contributed by atoms with Crippen LogP contribution < -0.4 is 5.32 Å². The van der Waals surface area contributed by atoms with Crippen molar-refractivity contribution < 1.29 is 4.74 Å². The van der Waals surface area contributed by atoms with E-state index >= 15 is 0 Å². The fourth-order valence-corrected chi connectivity index (χ4v) is 4.38. The third kappa shape index (κ3) is 4.19. The zero-order chi connectivity index (χ0) is 14.5. The molecule has 3 aliphatic heterocycles. The molecule has 1 N–H and O–H groups in total. The molecule has 0 saturated carbocycles. The van der Waals surface area contributed by atoms with Crippen molar-refractivity contribution in [1.82, 2.24) is 15.1 Å². The largest absolute Gasteiger partial charge is 0.380 e. The van der Waals surface area contributed by atoms with E-state index in [1.807, 2.05) is 0 Å². The summed E-state index contributed by atoms with van der Waals surface area (Å²) in [6.07, 6.45) is 6.77. The van der Waals surface area contributed by atoms with Crippen LogP contribution in [-0.2, 0) is 4.74 Å². The molecule has 0 aromatic carbocycles. The summed E-state index contributed by atoms with van der Waals surface area (Å²) in [5.41, 5.74) is 0. The van der Waals surface area contributed by atoms with Crippen LogP contribution in [0.2, 0.25) is 0 Å². The number of piperidine rings is 1. The maximum absolute atomic E-state index is 5.76. The molecule has 2 atom stereocenters. The SMILES string of the molecule is CCNC1CCOCC1N1CCC(CN2CCCC2)CC1. The quantitative estimate of drug-likeness (QED) is 0.833. The zero-order valence-electron chi connectivity index (χ0n) is 13.7. The smallest absolute Gasteiger partial charge is 0.0637 e. The molecule has 122 valence electrons. The van der Waals surface area contributed by atoms with E-state index in [2.05, 4.69) is 22.0 Å². The summed E-state index contributed by atoms with van der Waals surface area (Å²) in [6.45, 7) is 11.7. The molecule has 3 rings (SSSR count). The molecule has 2 unspecified atom stereocenters. The van der Waals surface area contributed by atoms with Crippen molar-refractivity contribution in [3.8, 4) is 0 Å². The molecule has 0 bridgehead atoms. The van der Waals surface area contributed by atoms with E-state index in [0.29, 0.717) is 12.1 Å². The van der Waals surface area contributed by atoms with Gasteiger partial charge < -0.3 is 15.0 Å². The minimum absolute atomic E-state index is 0.603. The third-order valence-corrected chi connectivity index (χ3v) is 5.63. The van der Waals surface area contributed by atoms with Crippen LogP contribution in [0.3, 0.4) is 0 Å². The van der Waals surface area contributed by atoms with E-state index in [9.17, 15) is 0 Å². The Kier molecular flexibility index (Phi) is 5.92. The van der Waals surface area contributed by atoms with Gasteiger partial charge in [-0.1, -0.05) is 6.92 Å². The van der Waals surface area contributed by atoms with Crippen molar-refractivity contribution >= 4 is 0 Å². The highest BCUT2D eigenvalue weighted by Crippen LogP contribution is 2.24. The van der Waals surface area contributed by atoms with Gasteiger partial charge in [-0.3, -0.25) is 4.90 Å². The first-order valence-corrected chi connectivity index (χ1v) is 9.14. The molecule has 0 spiro atoms. The molecule has 0 aromatic rings. The molecule has 4 nitrogen and oxygen atoms in total. The molecule has 0 aromatic heterocycles. The van der Waals surface area contributed by atoms with Crippen molar-refractivity contribution in [2.75, 3.05) is 52.5 Å². The molecule has 4 heteroatoms. The lowest BCUT2D eigenvalue weighted by Crippen LogP contribution is -2.57. The summed E-state index contributed by atoms with van der Waals surface area (Å²) >= 11 is 0. The number of nitrogens with zero attached hydrogens (tertiary/aromatic N) is 2. The van der Waals surface area contributed by atoms with Crippen molar-refractivity contribution in [1.29, 1.82) is 0 Å². The fraction of sp³-hybridized carbons (Fsp3) is 1.00. The van der Waals surface area contributed by atoms with Gasteiger partial charge in [0.1, 0.15) is 0 Å². The molecule has 3 fully saturated rings. The van der Waals surface area contributed by atoms with Crippen LogP contribution in [0.15, 0.2) is 0 Å². The number of hydrogen-bond acceptors (Lipinski definition) is 4. The topological polar surface area (TPSA) is 27.7 Å². The summed E-state index contributed by atoms with van der Waals surface area (Å²) in [6, 6.07) is 1.24. The van der Waals surface area contributed by atoms with Crippen LogP contribution in [0.25, 0.3) is 0 Å². The Morgan fingerprint density at radius 2 is 1.81 bits per heavy atom. The first-order chi connectivity index (χ1) is 10.4. The van der Waals surface area contributed by atoms with Gasteiger partial charge in [-0.05, 0) is 70.7 Å². The zero-order valence-corrected chi connectivity index (χ0v) is 13.7. The predicted octanol–water partition coefficient (Wildman–Crippen LogP) is 1.56. The number of hydrogen-bond donors (Lipinski definition) is 1. The van der Waals surface area contributed by atoms with Gasteiger partial charge in [0.15, 0.2) is 0 Å². The average molecular weight is 295 g/mol. The van der Waals surface area contributed by atoms with E-state index in [4.69, 9.17) is 4.74 Å². The van der Waals surface area contributed by atoms with Crippen molar-refractivity contribution in [2.24, 2.45) is 5.92 Å². The van der Waals surface area contributed by atoms with Gasteiger partial charge in [0.2, 0.25) is 0 Å². The molecule has 0 aliphatic carbocycles. The van der Waals surface area contributed by atoms with Gasteiger partial charge >= 0.3 is 0 Å². The highest BCUT2D eigenvalue weighted by Gasteiger charge is 2.33. The molecule has 3 heterocycles. The van der Waals surface area contributed by atoms with Crippen LogP contribution in [0, 0.1) is 5.92 Å². The minimum atomic E-state index is 0.603. The summed E-state index contributed by atoms with van der Waals surface area (Å²) in [7, 11) is 0. The second-order valence-corrected chi connectivity index (χ2v) is 7.08. The van der Waals surface area contributed by atoms with Crippen molar-refractivity contribution in [2.45, 2.75) is 51.1 Å². The Balaban J connectivity index is 1.45. The predicted molar refractivity (Wildman–Crippen MR) is 86.7 cm³/mol. The van der Waals surface area contributed by atoms with Crippen LogP contribution in [0.5, 0.6) is 0 Å². The highest BCUT2D eigenvalue weighted by atomic mass is 16.5. The summed E-state index contributed by atoms with van der Waals surface area (Å²) in [4.78, 5) is 5.39. The molecular formula is C17H33N3O. The Hall–Kier alpha value is -0.160. The van der Waals surface area contributed by atoms with Gasteiger partial charge in [0.05, 0.1) is 6.61 Å².